The van der Waals surface area contributed by atoms with E-state index in [0.717, 1.165) is 25.9 Å². The molecule has 7 nitrogen and oxygen atoms in total. The minimum atomic E-state index is -0.831. The maximum atomic E-state index is 9.79. The molecule has 21 heavy (non-hydrogen) atoms. The number of ether oxygens (including phenoxy) is 1. The first-order valence-corrected chi connectivity index (χ1v) is 7.49. The molecule has 118 valence electrons. The number of methoxy groups -OCH3 is 1. The Morgan fingerprint density at radius 2 is 1.81 bits per heavy atom. The predicted octanol–water partition coefficient (Wildman–Crippen LogP) is 1.44. The van der Waals surface area contributed by atoms with Crippen molar-refractivity contribution in [1.82, 2.24) is 15.0 Å². The van der Waals surface area contributed by atoms with E-state index in [4.69, 9.17) is 4.74 Å². The van der Waals surface area contributed by atoms with Gasteiger partial charge in [-0.2, -0.15) is 15.0 Å². The van der Waals surface area contributed by atoms with E-state index in [2.05, 4.69) is 25.2 Å². The monoisotopic (exact) mass is 295 g/mol. The molecule has 1 saturated heterocycles. The average molecular weight is 295 g/mol. The molecule has 0 aliphatic carbocycles. The number of hydrogen-bond acceptors (Lipinski definition) is 7. The fourth-order valence-electron chi connectivity index (χ4n) is 2.22. The van der Waals surface area contributed by atoms with Crippen LogP contribution in [0, 0.1) is 0 Å². The standard InChI is InChI=1S/C14H25N5O2/c1-14(2,20)10-15-11-16-12(18-13(17-11)21-3)19-8-6-4-5-7-9-19/h20H,4-10H2,1-3H3,(H,15,16,17,18). The Morgan fingerprint density at radius 3 is 2.38 bits per heavy atom. The summed E-state index contributed by atoms with van der Waals surface area (Å²) in [7, 11) is 1.54. The van der Waals surface area contributed by atoms with Gasteiger partial charge in [0, 0.05) is 19.6 Å². The van der Waals surface area contributed by atoms with E-state index in [1.54, 1.807) is 21.0 Å². The number of nitrogens with zero attached hydrogens (tertiary/aromatic N) is 4. The molecule has 2 N–H and O–H groups in total. The summed E-state index contributed by atoms with van der Waals surface area (Å²) < 4.78 is 5.16. The lowest BCUT2D eigenvalue weighted by atomic mass is 10.1. The highest BCUT2D eigenvalue weighted by molar-refractivity contribution is 5.38. The molecule has 0 saturated carbocycles. The van der Waals surface area contributed by atoms with Gasteiger partial charge in [0.25, 0.3) is 0 Å². The normalized spacial score (nSPS) is 16.5. The molecule has 7 heteroatoms. The second-order valence-electron chi connectivity index (χ2n) is 6.01. The summed E-state index contributed by atoms with van der Waals surface area (Å²) in [5.41, 5.74) is -0.831. The van der Waals surface area contributed by atoms with E-state index < -0.39 is 5.60 Å². The van der Waals surface area contributed by atoms with Crippen LogP contribution in [-0.2, 0) is 0 Å². The molecule has 0 amide bonds. The van der Waals surface area contributed by atoms with Crippen molar-refractivity contribution in [2.75, 3.05) is 37.0 Å². The van der Waals surface area contributed by atoms with Crippen molar-refractivity contribution in [2.45, 2.75) is 45.1 Å². The van der Waals surface area contributed by atoms with Gasteiger partial charge >= 0.3 is 6.01 Å². The number of hydrogen-bond donors (Lipinski definition) is 2. The predicted molar refractivity (Wildman–Crippen MR) is 81.8 cm³/mol. The Bertz CT molecular complexity index is 453. The number of aromatic nitrogens is 3. The van der Waals surface area contributed by atoms with Gasteiger partial charge < -0.3 is 20.1 Å². The summed E-state index contributed by atoms with van der Waals surface area (Å²) >= 11 is 0. The topological polar surface area (TPSA) is 83.4 Å². The lowest BCUT2D eigenvalue weighted by Crippen LogP contribution is -2.31. The van der Waals surface area contributed by atoms with Gasteiger partial charge in [0.2, 0.25) is 11.9 Å². The Balaban J connectivity index is 2.16. The fourth-order valence-corrected chi connectivity index (χ4v) is 2.22. The zero-order chi connectivity index (χ0) is 15.3. The molecule has 2 heterocycles. The van der Waals surface area contributed by atoms with Crippen molar-refractivity contribution >= 4 is 11.9 Å². The molecule has 1 fully saturated rings. The quantitative estimate of drug-likeness (QED) is 0.850. The van der Waals surface area contributed by atoms with E-state index in [0.29, 0.717) is 24.5 Å². The molecule has 1 aliphatic rings. The van der Waals surface area contributed by atoms with Crippen molar-refractivity contribution in [1.29, 1.82) is 0 Å². The van der Waals surface area contributed by atoms with Crippen LogP contribution in [0.3, 0.4) is 0 Å². The van der Waals surface area contributed by atoms with Gasteiger partial charge in [0.05, 0.1) is 12.7 Å². The zero-order valence-corrected chi connectivity index (χ0v) is 13.1. The lowest BCUT2D eigenvalue weighted by Gasteiger charge is -2.22. The molecular weight excluding hydrogens is 270 g/mol. The van der Waals surface area contributed by atoms with Gasteiger partial charge in [-0.3, -0.25) is 0 Å². The maximum absolute atomic E-state index is 9.79. The SMILES string of the molecule is COc1nc(NCC(C)(C)O)nc(N2CCCCCC2)n1. The fraction of sp³-hybridized carbons (Fsp3) is 0.786. The molecule has 0 radical (unpaired) electrons. The molecule has 1 aromatic rings. The minimum Gasteiger partial charge on any atom is -0.467 e. The average Bonchev–Trinajstić information content (AvgIpc) is 2.73. The molecule has 2 rings (SSSR count). The second-order valence-corrected chi connectivity index (χ2v) is 6.01. The highest BCUT2D eigenvalue weighted by Crippen LogP contribution is 2.19. The highest BCUT2D eigenvalue weighted by atomic mass is 16.5. The van der Waals surface area contributed by atoms with Crippen molar-refractivity contribution in [3.05, 3.63) is 0 Å². The zero-order valence-electron chi connectivity index (χ0n) is 13.1. The second kappa shape index (κ2) is 6.89. The molecule has 0 aromatic carbocycles. The van der Waals surface area contributed by atoms with Crippen LogP contribution >= 0.6 is 0 Å². The summed E-state index contributed by atoms with van der Waals surface area (Å²) in [5, 5.41) is 12.8. The van der Waals surface area contributed by atoms with Crippen LogP contribution in [0.4, 0.5) is 11.9 Å². The van der Waals surface area contributed by atoms with Crippen molar-refractivity contribution in [3.8, 4) is 6.01 Å². The smallest absolute Gasteiger partial charge is 0.322 e. The highest BCUT2D eigenvalue weighted by Gasteiger charge is 2.17. The molecule has 0 atom stereocenters. The maximum Gasteiger partial charge on any atom is 0.322 e. The number of rotatable bonds is 5. The van der Waals surface area contributed by atoms with Crippen molar-refractivity contribution in [3.63, 3.8) is 0 Å². The first kappa shape index (κ1) is 15.8. The first-order chi connectivity index (χ1) is 9.98. The van der Waals surface area contributed by atoms with Crippen LogP contribution in [0.25, 0.3) is 0 Å². The van der Waals surface area contributed by atoms with E-state index >= 15 is 0 Å². The Morgan fingerprint density at radius 1 is 1.14 bits per heavy atom. The lowest BCUT2D eigenvalue weighted by molar-refractivity contribution is 0.0943. The Hall–Kier alpha value is -1.63. The van der Waals surface area contributed by atoms with E-state index in [1.165, 1.54) is 12.8 Å². The minimum absolute atomic E-state index is 0.294. The molecule has 0 bridgehead atoms. The van der Waals surface area contributed by atoms with Crippen molar-refractivity contribution < 1.29 is 9.84 Å². The van der Waals surface area contributed by atoms with E-state index in [-0.39, 0.29) is 0 Å². The van der Waals surface area contributed by atoms with Crippen LogP contribution in [0.1, 0.15) is 39.5 Å². The Labute approximate surface area is 125 Å². The van der Waals surface area contributed by atoms with Gasteiger partial charge in [-0.05, 0) is 26.7 Å². The third-order valence-corrected chi connectivity index (χ3v) is 3.35. The van der Waals surface area contributed by atoms with Gasteiger partial charge in [0.1, 0.15) is 0 Å². The van der Waals surface area contributed by atoms with Gasteiger partial charge in [-0.25, -0.2) is 0 Å². The number of aliphatic hydroxyl groups is 1. The third-order valence-electron chi connectivity index (χ3n) is 3.35. The summed E-state index contributed by atoms with van der Waals surface area (Å²) in [4.78, 5) is 15.1. The van der Waals surface area contributed by atoms with Gasteiger partial charge in [0.15, 0.2) is 0 Å². The summed E-state index contributed by atoms with van der Waals surface area (Å²) in [6, 6.07) is 0.294. The summed E-state index contributed by atoms with van der Waals surface area (Å²) in [6.07, 6.45) is 4.81. The van der Waals surface area contributed by atoms with Gasteiger partial charge in [-0.1, -0.05) is 12.8 Å². The van der Waals surface area contributed by atoms with Crippen LogP contribution in [0.5, 0.6) is 6.01 Å². The third kappa shape index (κ3) is 5.00. The molecular formula is C14H25N5O2. The van der Waals surface area contributed by atoms with Crippen LogP contribution in [0.2, 0.25) is 0 Å². The van der Waals surface area contributed by atoms with Gasteiger partial charge in [-0.15, -0.1) is 0 Å². The van der Waals surface area contributed by atoms with E-state index in [1.807, 2.05) is 0 Å². The van der Waals surface area contributed by atoms with Crippen LogP contribution < -0.4 is 15.0 Å². The summed E-state index contributed by atoms with van der Waals surface area (Å²) in [5.74, 6) is 1.07. The van der Waals surface area contributed by atoms with Crippen LogP contribution in [-0.4, -0.2) is 52.4 Å². The summed E-state index contributed by atoms with van der Waals surface area (Å²) in [6.45, 7) is 5.73. The first-order valence-electron chi connectivity index (χ1n) is 7.49. The molecule has 0 spiro atoms. The molecule has 0 unspecified atom stereocenters. The van der Waals surface area contributed by atoms with E-state index in [9.17, 15) is 5.11 Å². The molecule has 1 aliphatic heterocycles. The Kier molecular flexibility index (Phi) is 5.17. The largest absolute Gasteiger partial charge is 0.467 e. The number of nitrogens with one attached hydrogen (secondary N) is 1. The van der Waals surface area contributed by atoms with Crippen molar-refractivity contribution in [2.24, 2.45) is 0 Å². The molecule has 1 aromatic heterocycles. The number of anilines is 2. The van der Waals surface area contributed by atoms with Crippen LogP contribution in [0.15, 0.2) is 0 Å².